The zero-order valence-electron chi connectivity index (χ0n) is 17.3. The second-order valence-electron chi connectivity index (χ2n) is 7.49. The van der Waals surface area contributed by atoms with E-state index < -0.39 is 4.92 Å². The molecule has 0 aliphatic carbocycles. The highest BCUT2D eigenvalue weighted by Gasteiger charge is 2.26. The van der Waals surface area contributed by atoms with Crippen molar-refractivity contribution in [3.05, 3.63) is 56.6 Å². The Morgan fingerprint density at radius 1 is 1.23 bits per heavy atom. The highest BCUT2D eigenvalue weighted by atomic mass is 35.5. The molecule has 0 N–H and O–H groups in total. The van der Waals surface area contributed by atoms with Gasteiger partial charge in [-0.05, 0) is 38.0 Å². The molecule has 0 bridgehead atoms. The first-order valence-corrected chi connectivity index (χ1v) is 10.4. The molecule has 11 heteroatoms. The summed E-state index contributed by atoms with van der Waals surface area (Å²) in [4.78, 5) is 36.0. The van der Waals surface area contributed by atoms with E-state index in [9.17, 15) is 14.9 Å². The summed E-state index contributed by atoms with van der Waals surface area (Å²) in [5, 5.41) is 15.9. The van der Waals surface area contributed by atoms with Gasteiger partial charge in [-0.25, -0.2) is 9.50 Å². The highest BCUT2D eigenvalue weighted by molar-refractivity contribution is 6.30. The van der Waals surface area contributed by atoms with Gasteiger partial charge in [0.25, 0.3) is 11.5 Å². The van der Waals surface area contributed by atoms with Gasteiger partial charge in [0, 0.05) is 55.1 Å². The van der Waals surface area contributed by atoms with Crippen LogP contribution in [0.25, 0.3) is 5.78 Å². The zero-order valence-corrected chi connectivity index (χ0v) is 18.0. The minimum atomic E-state index is -0.427. The van der Waals surface area contributed by atoms with E-state index in [0.717, 1.165) is 17.0 Å². The van der Waals surface area contributed by atoms with Crippen molar-refractivity contribution in [2.75, 3.05) is 31.1 Å². The first-order chi connectivity index (χ1) is 14.8. The van der Waals surface area contributed by atoms with Crippen molar-refractivity contribution >= 4 is 34.7 Å². The first kappa shape index (κ1) is 21.0. The number of aromatic nitrogens is 4. The maximum Gasteiger partial charge on any atom is 0.294 e. The average molecular weight is 444 g/mol. The van der Waals surface area contributed by atoms with Gasteiger partial charge >= 0.3 is 0 Å². The van der Waals surface area contributed by atoms with Crippen molar-refractivity contribution in [2.24, 2.45) is 0 Å². The third kappa shape index (κ3) is 4.15. The number of nitro benzene ring substituents is 1. The largest absolute Gasteiger partial charge is 0.362 e. The number of hydrogen-bond acceptors (Lipinski definition) is 7. The third-order valence-corrected chi connectivity index (χ3v) is 5.92. The Morgan fingerprint density at radius 2 is 1.97 bits per heavy atom. The number of anilines is 1. The minimum Gasteiger partial charge on any atom is -0.362 e. The fourth-order valence-electron chi connectivity index (χ4n) is 4.01. The van der Waals surface area contributed by atoms with Crippen LogP contribution in [0.2, 0.25) is 5.02 Å². The van der Waals surface area contributed by atoms with Crippen LogP contribution < -0.4 is 4.90 Å². The van der Waals surface area contributed by atoms with E-state index >= 15 is 0 Å². The molecule has 162 valence electrons. The summed E-state index contributed by atoms with van der Waals surface area (Å²) in [7, 11) is 0. The Balaban J connectivity index is 1.39. The van der Waals surface area contributed by atoms with Gasteiger partial charge < -0.3 is 9.80 Å². The highest BCUT2D eigenvalue weighted by Crippen LogP contribution is 2.31. The molecule has 1 aliphatic heterocycles. The van der Waals surface area contributed by atoms with E-state index in [4.69, 9.17) is 11.6 Å². The molecule has 4 rings (SSSR count). The lowest BCUT2D eigenvalue weighted by Gasteiger charge is -2.36. The third-order valence-electron chi connectivity index (χ3n) is 5.68. The Kier molecular flexibility index (Phi) is 5.73. The molecule has 1 amide bonds. The zero-order chi connectivity index (χ0) is 22.1. The molecule has 1 saturated heterocycles. The Labute approximate surface area is 183 Å². The number of hydrogen-bond donors (Lipinski definition) is 0. The summed E-state index contributed by atoms with van der Waals surface area (Å²) in [6.45, 7) is 5.94. The molecule has 3 aromatic rings. The minimum absolute atomic E-state index is 0.0192. The predicted octanol–water partition coefficient (Wildman–Crippen LogP) is 2.58. The monoisotopic (exact) mass is 443 g/mol. The van der Waals surface area contributed by atoms with Gasteiger partial charge in [-0.2, -0.15) is 10.1 Å². The molecule has 31 heavy (non-hydrogen) atoms. The van der Waals surface area contributed by atoms with Crippen LogP contribution >= 0.6 is 11.6 Å². The SMILES string of the molecule is Cc1nc2ncnn2c(C)c1CCC(=O)N1CCN(c2ccc(Cl)cc2[N+](=O)[O-])CC1. The van der Waals surface area contributed by atoms with Gasteiger partial charge in [0.2, 0.25) is 5.91 Å². The molecule has 2 aromatic heterocycles. The van der Waals surface area contributed by atoms with Crippen molar-refractivity contribution in [2.45, 2.75) is 26.7 Å². The molecular formula is C20H22ClN7O3. The van der Waals surface area contributed by atoms with Crippen molar-refractivity contribution in [3.63, 3.8) is 0 Å². The maximum atomic E-state index is 12.8. The summed E-state index contributed by atoms with van der Waals surface area (Å²) in [5.41, 5.74) is 3.30. The van der Waals surface area contributed by atoms with Gasteiger partial charge in [-0.15, -0.1) is 0 Å². The van der Waals surface area contributed by atoms with Crippen molar-refractivity contribution in [3.8, 4) is 0 Å². The van der Waals surface area contributed by atoms with Crippen LogP contribution in [0.1, 0.15) is 23.4 Å². The number of carbonyl (C=O) groups excluding carboxylic acids is 1. The molecule has 0 unspecified atom stereocenters. The molecule has 0 saturated carbocycles. The smallest absolute Gasteiger partial charge is 0.294 e. The standard InChI is InChI=1S/C20H22ClN7O3/c1-13-16(14(2)27-20(24-13)22-12-23-27)4-6-19(29)26-9-7-25(8-10-26)17-5-3-15(21)11-18(17)28(30)31/h3,5,11-12H,4,6-10H2,1-2H3. The number of fused-ring (bicyclic) bond motifs is 1. The maximum absolute atomic E-state index is 12.8. The Morgan fingerprint density at radius 3 is 2.68 bits per heavy atom. The second kappa shape index (κ2) is 8.46. The number of carbonyl (C=O) groups is 1. The lowest BCUT2D eigenvalue weighted by atomic mass is 10.1. The van der Waals surface area contributed by atoms with E-state index in [1.54, 1.807) is 16.6 Å². The lowest BCUT2D eigenvalue weighted by molar-refractivity contribution is -0.384. The Bertz CT molecular complexity index is 1160. The van der Waals surface area contributed by atoms with Crippen LogP contribution in [0.3, 0.4) is 0 Å². The van der Waals surface area contributed by atoms with E-state index in [2.05, 4.69) is 15.1 Å². The fourth-order valence-corrected chi connectivity index (χ4v) is 4.18. The fraction of sp³-hybridized carbons (Fsp3) is 0.400. The number of amides is 1. The topological polar surface area (TPSA) is 110 Å². The summed E-state index contributed by atoms with van der Waals surface area (Å²) in [5.74, 6) is 0.611. The van der Waals surface area contributed by atoms with Gasteiger partial charge in [0.1, 0.15) is 12.0 Å². The number of rotatable bonds is 5. The van der Waals surface area contributed by atoms with E-state index in [1.807, 2.05) is 23.6 Å². The van der Waals surface area contributed by atoms with Crippen LogP contribution in [0.5, 0.6) is 0 Å². The van der Waals surface area contributed by atoms with Gasteiger partial charge in [0.05, 0.1) is 4.92 Å². The molecule has 1 aliphatic rings. The summed E-state index contributed by atoms with van der Waals surface area (Å²) in [6.07, 6.45) is 2.40. The Hall–Kier alpha value is -3.27. The number of nitro groups is 1. The number of piperazine rings is 1. The van der Waals surface area contributed by atoms with Gasteiger partial charge in [-0.3, -0.25) is 14.9 Å². The van der Waals surface area contributed by atoms with Crippen LogP contribution in [0, 0.1) is 24.0 Å². The van der Waals surface area contributed by atoms with Crippen LogP contribution in [-0.4, -0.2) is 61.5 Å². The summed E-state index contributed by atoms with van der Waals surface area (Å²) < 4.78 is 1.69. The molecule has 1 aromatic carbocycles. The van der Waals surface area contributed by atoms with Crippen LogP contribution in [0.15, 0.2) is 24.5 Å². The van der Waals surface area contributed by atoms with Crippen LogP contribution in [0.4, 0.5) is 11.4 Å². The molecule has 0 atom stereocenters. The van der Waals surface area contributed by atoms with Crippen molar-refractivity contribution in [1.82, 2.24) is 24.5 Å². The summed E-state index contributed by atoms with van der Waals surface area (Å²) >= 11 is 5.91. The number of aryl methyl sites for hydroxylation is 2. The molecule has 0 spiro atoms. The van der Waals surface area contributed by atoms with Crippen molar-refractivity contribution < 1.29 is 9.72 Å². The number of halogens is 1. The summed E-state index contributed by atoms with van der Waals surface area (Å²) in [6, 6.07) is 4.67. The predicted molar refractivity (Wildman–Crippen MR) is 115 cm³/mol. The van der Waals surface area contributed by atoms with E-state index in [0.29, 0.717) is 55.5 Å². The van der Waals surface area contributed by atoms with Gasteiger partial charge in [-0.1, -0.05) is 11.6 Å². The first-order valence-electron chi connectivity index (χ1n) is 9.97. The molecule has 3 heterocycles. The lowest BCUT2D eigenvalue weighted by Crippen LogP contribution is -2.49. The number of nitrogens with zero attached hydrogens (tertiary/aromatic N) is 7. The average Bonchev–Trinajstić information content (AvgIpc) is 3.22. The molecule has 0 radical (unpaired) electrons. The normalized spacial score (nSPS) is 14.3. The van der Waals surface area contributed by atoms with Gasteiger partial charge in [0.15, 0.2) is 0 Å². The van der Waals surface area contributed by atoms with Crippen molar-refractivity contribution in [1.29, 1.82) is 0 Å². The molecule has 1 fully saturated rings. The molecule has 10 nitrogen and oxygen atoms in total. The van der Waals surface area contributed by atoms with E-state index in [1.165, 1.54) is 12.4 Å². The molecular weight excluding hydrogens is 422 g/mol. The quantitative estimate of drug-likeness (QED) is 0.440. The van der Waals surface area contributed by atoms with Crippen LogP contribution in [-0.2, 0) is 11.2 Å². The second-order valence-corrected chi connectivity index (χ2v) is 7.93. The van der Waals surface area contributed by atoms with E-state index in [-0.39, 0.29) is 11.6 Å². The number of benzene rings is 1.